The van der Waals surface area contributed by atoms with E-state index in [2.05, 4.69) is 39.9 Å². The van der Waals surface area contributed by atoms with Crippen LogP contribution in [0.3, 0.4) is 0 Å². The molecular formula is C16H20N4OS. The van der Waals surface area contributed by atoms with Gasteiger partial charge in [-0.25, -0.2) is 4.98 Å². The van der Waals surface area contributed by atoms with Crippen molar-refractivity contribution in [3.05, 3.63) is 41.0 Å². The number of benzene rings is 1. The highest BCUT2D eigenvalue weighted by atomic mass is 32.1. The third-order valence-corrected chi connectivity index (χ3v) is 4.27. The molecule has 0 aliphatic heterocycles. The van der Waals surface area contributed by atoms with Gasteiger partial charge in [0, 0.05) is 6.42 Å². The average Bonchev–Trinajstić information content (AvgIpc) is 3.03. The van der Waals surface area contributed by atoms with Crippen molar-refractivity contribution >= 4 is 21.6 Å². The van der Waals surface area contributed by atoms with Gasteiger partial charge in [-0.15, -0.1) is 11.3 Å². The predicted molar refractivity (Wildman–Crippen MR) is 87.6 cm³/mol. The van der Waals surface area contributed by atoms with Crippen molar-refractivity contribution in [3.8, 4) is 0 Å². The maximum Gasteiger partial charge on any atom is 0.240 e. The Morgan fingerprint density at radius 3 is 2.77 bits per heavy atom. The highest BCUT2D eigenvalue weighted by Crippen LogP contribution is 2.22. The molecule has 116 valence electrons. The molecule has 0 fully saturated rings. The summed E-state index contributed by atoms with van der Waals surface area (Å²) in [7, 11) is 2.04. The molecule has 22 heavy (non-hydrogen) atoms. The second-order valence-corrected chi connectivity index (χ2v) is 7.07. The number of aromatic nitrogens is 3. The molecule has 6 heteroatoms. The fraction of sp³-hybridized carbons (Fsp3) is 0.438. The number of hydrogen-bond acceptors (Lipinski definition) is 6. The van der Waals surface area contributed by atoms with Crippen LogP contribution in [-0.4, -0.2) is 27.1 Å². The lowest BCUT2D eigenvalue weighted by Gasteiger charge is -2.11. The van der Waals surface area contributed by atoms with Crippen LogP contribution in [0.15, 0.2) is 28.8 Å². The van der Waals surface area contributed by atoms with Crippen molar-refractivity contribution in [2.75, 3.05) is 7.05 Å². The average molecular weight is 316 g/mol. The lowest BCUT2D eigenvalue weighted by molar-refractivity contribution is 0.260. The summed E-state index contributed by atoms with van der Waals surface area (Å²) in [6.45, 7) is 5.72. The van der Waals surface area contributed by atoms with E-state index in [4.69, 9.17) is 4.52 Å². The molecule has 0 aliphatic carbocycles. The van der Waals surface area contributed by atoms with Gasteiger partial charge in [-0.1, -0.05) is 31.1 Å². The third kappa shape index (κ3) is 3.69. The third-order valence-electron chi connectivity index (χ3n) is 3.25. The van der Waals surface area contributed by atoms with Gasteiger partial charge in [-0.2, -0.15) is 4.98 Å². The van der Waals surface area contributed by atoms with Gasteiger partial charge in [0.25, 0.3) is 0 Å². The first-order chi connectivity index (χ1) is 10.6. The van der Waals surface area contributed by atoms with Crippen LogP contribution in [-0.2, 0) is 19.5 Å². The first kappa shape index (κ1) is 15.1. The molecule has 0 unspecified atom stereocenters. The van der Waals surface area contributed by atoms with Crippen LogP contribution in [0.2, 0.25) is 0 Å². The van der Waals surface area contributed by atoms with Gasteiger partial charge >= 0.3 is 0 Å². The molecule has 0 aliphatic rings. The van der Waals surface area contributed by atoms with E-state index in [0.29, 0.717) is 18.4 Å². The Morgan fingerprint density at radius 2 is 2.00 bits per heavy atom. The summed E-state index contributed by atoms with van der Waals surface area (Å²) in [5, 5.41) is 5.13. The second kappa shape index (κ2) is 6.54. The second-order valence-electron chi connectivity index (χ2n) is 5.95. The predicted octanol–water partition coefficient (Wildman–Crippen LogP) is 3.51. The number of nitrogens with zero attached hydrogens (tertiary/aromatic N) is 4. The Balaban J connectivity index is 1.62. The summed E-state index contributed by atoms with van der Waals surface area (Å²) >= 11 is 1.73. The zero-order valence-electron chi connectivity index (χ0n) is 13.1. The summed E-state index contributed by atoms with van der Waals surface area (Å²) in [5.74, 6) is 1.99. The number of hydrogen-bond donors (Lipinski definition) is 0. The maximum absolute atomic E-state index is 5.31. The highest BCUT2D eigenvalue weighted by molar-refractivity contribution is 7.18. The summed E-state index contributed by atoms with van der Waals surface area (Å²) in [6, 6.07) is 8.21. The molecule has 0 atom stereocenters. The first-order valence-corrected chi connectivity index (χ1v) is 8.26. The number of thiazole rings is 1. The fourth-order valence-corrected chi connectivity index (χ4v) is 3.36. The number of rotatable bonds is 6. The minimum absolute atomic E-state index is 0.533. The lowest BCUT2D eigenvalue weighted by atomic mass is 10.1. The molecule has 1 aromatic carbocycles. The van der Waals surface area contributed by atoms with Crippen molar-refractivity contribution in [1.29, 1.82) is 0 Å². The molecule has 0 bridgehead atoms. The van der Waals surface area contributed by atoms with Gasteiger partial charge in [0.1, 0.15) is 5.01 Å². The van der Waals surface area contributed by atoms with Gasteiger partial charge in [-0.3, -0.25) is 4.90 Å². The zero-order valence-corrected chi connectivity index (χ0v) is 13.9. The van der Waals surface area contributed by atoms with Gasteiger partial charge < -0.3 is 4.52 Å². The number of para-hydroxylation sites is 1. The minimum Gasteiger partial charge on any atom is -0.338 e. The molecule has 5 nitrogen and oxygen atoms in total. The standard InChI is InChI=1S/C16H20N4OS/c1-11(2)8-14-18-15(21-19-14)9-20(3)10-16-17-12-6-4-5-7-13(12)22-16/h4-7,11H,8-10H2,1-3H3. The van der Waals surface area contributed by atoms with Gasteiger partial charge in [0.05, 0.1) is 23.3 Å². The van der Waals surface area contributed by atoms with E-state index < -0.39 is 0 Å². The molecule has 0 radical (unpaired) electrons. The van der Waals surface area contributed by atoms with Crippen LogP contribution < -0.4 is 0 Å². The van der Waals surface area contributed by atoms with E-state index in [1.54, 1.807) is 11.3 Å². The Kier molecular flexibility index (Phi) is 4.49. The molecule has 2 heterocycles. The molecule has 0 spiro atoms. The molecule has 0 N–H and O–H groups in total. The Bertz CT molecular complexity index is 716. The van der Waals surface area contributed by atoms with E-state index in [-0.39, 0.29) is 0 Å². The number of fused-ring (bicyclic) bond motifs is 1. The largest absolute Gasteiger partial charge is 0.338 e. The van der Waals surface area contributed by atoms with Crippen LogP contribution in [0.1, 0.15) is 30.6 Å². The van der Waals surface area contributed by atoms with Crippen molar-refractivity contribution in [2.24, 2.45) is 5.92 Å². The Hall–Kier alpha value is -1.79. The molecular weight excluding hydrogens is 296 g/mol. The summed E-state index contributed by atoms with van der Waals surface area (Å²) < 4.78 is 6.54. The molecule has 3 rings (SSSR count). The quantitative estimate of drug-likeness (QED) is 0.696. The van der Waals surface area contributed by atoms with Crippen LogP contribution in [0.4, 0.5) is 0 Å². The summed E-state index contributed by atoms with van der Waals surface area (Å²) in [5.41, 5.74) is 1.06. The molecule has 0 amide bonds. The smallest absolute Gasteiger partial charge is 0.240 e. The molecule has 2 aromatic heterocycles. The van der Waals surface area contributed by atoms with Crippen LogP contribution in [0.25, 0.3) is 10.2 Å². The molecule has 0 saturated carbocycles. The lowest BCUT2D eigenvalue weighted by Crippen LogP contribution is -2.17. The van der Waals surface area contributed by atoms with Crippen molar-refractivity contribution in [1.82, 2.24) is 20.0 Å². The van der Waals surface area contributed by atoms with E-state index in [0.717, 1.165) is 29.3 Å². The van der Waals surface area contributed by atoms with E-state index in [9.17, 15) is 0 Å². The van der Waals surface area contributed by atoms with Crippen LogP contribution in [0.5, 0.6) is 0 Å². The summed E-state index contributed by atoms with van der Waals surface area (Å²) in [4.78, 5) is 11.2. The normalized spacial score (nSPS) is 11.9. The first-order valence-electron chi connectivity index (χ1n) is 7.44. The molecule has 0 saturated heterocycles. The van der Waals surface area contributed by atoms with E-state index >= 15 is 0 Å². The van der Waals surface area contributed by atoms with Crippen LogP contribution >= 0.6 is 11.3 Å². The van der Waals surface area contributed by atoms with Crippen molar-refractivity contribution < 1.29 is 4.52 Å². The fourth-order valence-electron chi connectivity index (χ4n) is 2.31. The molecule has 3 aromatic rings. The van der Waals surface area contributed by atoms with Gasteiger partial charge in [0.2, 0.25) is 5.89 Å². The van der Waals surface area contributed by atoms with Gasteiger partial charge in [-0.05, 0) is 25.1 Å². The Morgan fingerprint density at radius 1 is 1.18 bits per heavy atom. The van der Waals surface area contributed by atoms with Crippen LogP contribution in [0, 0.1) is 5.92 Å². The zero-order chi connectivity index (χ0) is 15.5. The SMILES string of the molecule is CC(C)Cc1noc(CN(C)Cc2nc3ccccc3s2)n1. The van der Waals surface area contributed by atoms with Crippen molar-refractivity contribution in [2.45, 2.75) is 33.4 Å². The topological polar surface area (TPSA) is 55.1 Å². The minimum atomic E-state index is 0.533. The summed E-state index contributed by atoms with van der Waals surface area (Å²) in [6.07, 6.45) is 0.852. The Labute approximate surface area is 134 Å². The van der Waals surface area contributed by atoms with E-state index in [1.165, 1.54) is 4.70 Å². The monoisotopic (exact) mass is 316 g/mol. The van der Waals surface area contributed by atoms with E-state index in [1.807, 2.05) is 25.2 Å². The van der Waals surface area contributed by atoms with Gasteiger partial charge in [0.15, 0.2) is 5.82 Å². The van der Waals surface area contributed by atoms with Crippen molar-refractivity contribution in [3.63, 3.8) is 0 Å². The highest BCUT2D eigenvalue weighted by Gasteiger charge is 2.12. The maximum atomic E-state index is 5.31.